The molecule has 9 heteroatoms. The fourth-order valence-corrected chi connectivity index (χ4v) is 5.53. The van der Waals surface area contributed by atoms with Crippen molar-refractivity contribution in [3.63, 3.8) is 0 Å². The average Bonchev–Trinajstić information content (AvgIpc) is 3.25. The molecule has 3 aromatic rings. The first-order chi connectivity index (χ1) is 16.6. The summed E-state index contributed by atoms with van der Waals surface area (Å²) in [6, 6.07) is 17.9. The van der Waals surface area contributed by atoms with Gasteiger partial charge < -0.3 is 10.2 Å². The number of rotatable bonds is 7. The molecule has 0 saturated heterocycles. The zero-order chi connectivity index (χ0) is 25.2. The van der Waals surface area contributed by atoms with E-state index in [-0.39, 0.29) is 17.2 Å². The summed E-state index contributed by atoms with van der Waals surface area (Å²) in [6.07, 6.45) is 0.731. The molecule has 182 valence electrons. The molecule has 1 aliphatic rings. The summed E-state index contributed by atoms with van der Waals surface area (Å²) in [6.45, 7) is 3.83. The molecule has 0 aromatic heterocycles. The molecule has 0 radical (unpaired) electrons. The number of sulfonamides is 1. The second-order valence-electron chi connectivity index (χ2n) is 8.52. The van der Waals surface area contributed by atoms with E-state index in [1.807, 2.05) is 37.3 Å². The monoisotopic (exact) mass is 511 g/mol. The van der Waals surface area contributed by atoms with E-state index in [0.29, 0.717) is 29.4 Å². The highest BCUT2D eigenvalue weighted by Gasteiger charge is 2.29. The molecule has 7 nitrogen and oxygen atoms in total. The number of carbonyl (C=O) groups is 2. The highest BCUT2D eigenvalue weighted by Crippen LogP contribution is 2.30. The van der Waals surface area contributed by atoms with Crippen LogP contribution in [0.3, 0.4) is 0 Å². The van der Waals surface area contributed by atoms with Crippen LogP contribution in [0.4, 0.5) is 11.4 Å². The van der Waals surface area contributed by atoms with E-state index < -0.39 is 22.0 Å². The first-order valence-electron chi connectivity index (χ1n) is 11.2. The molecule has 4 rings (SSSR count). The van der Waals surface area contributed by atoms with Gasteiger partial charge in [0.1, 0.15) is 6.04 Å². The quantitative estimate of drug-likeness (QED) is 0.499. The summed E-state index contributed by atoms with van der Waals surface area (Å²) in [4.78, 5) is 26.8. The SMILES string of the molecule is CC(=O)N1CCc2cc(S(=O)(=O)NC(Cc3ccccc3)C(=O)Nc3cc(Cl)ccc3C)ccc21. The van der Waals surface area contributed by atoms with Crippen LogP contribution in [-0.4, -0.2) is 32.8 Å². The van der Waals surface area contributed by atoms with Crippen LogP contribution in [0.2, 0.25) is 5.02 Å². The van der Waals surface area contributed by atoms with Crippen molar-refractivity contribution in [1.82, 2.24) is 4.72 Å². The van der Waals surface area contributed by atoms with Crippen molar-refractivity contribution in [1.29, 1.82) is 0 Å². The Bertz CT molecular complexity index is 1380. The number of aryl methyl sites for hydroxylation is 1. The molecule has 2 amide bonds. The molecular weight excluding hydrogens is 486 g/mol. The Kier molecular flexibility index (Phi) is 7.25. The van der Waals surface area contributed by atoms with Gasteiger partial charge in [-0.25, -0.2) is 8.42 Å². The van der Waals surface area contributed by atoms with Gasteiger partial charge in [0.15, 0.2) is 0 Å². The second-order valence-corrected chi connectivity index (χ2v) is 10.7. The lowest BCUT2D eigenvalue weighted by atomic mass is 10.1. The van der Waals surface area contributed by atoms with E-state index in [2.05, 4.69) is 10.0 Å². The van der Waals surface area contributed by atoms with Crippen LogP contribution in [0.15, 0.2) is 71.6 Å². The summed E-state index contributed by atoms with van der Waals surface area (Å²) in [7, 11) is -4.03. The second kappa shape index (κ2) is 10.2. The van der Waals surface area contributed by atoms with Gasteiger partial charge in [-0.3, -0.25) is 9.59 Å². The van der Waals surface area contributed by atoms with E-state index in [4.69, 9.17) is 11.6 Å². The van der Waals surface area contributed by atoms with Crippen molar-refractivity contribution in [2.24, 2.45) is 0 Å². The van der Waals surface area contributed by atoms with Gasteiger partial charge in [-0.15, -0.1) is 0 Å². The van der Waals surface area contributed by atoms with Crippen molar-refractivity contribution < 1.29 is 18.0 Å². The number of nitrogens with one attached hydrogen (secondary N) is 2. The topological polar surface area (TPSA) is 95.6 Å². The maximum atomic E-state index is 13.3. The standard InChI is InChI=1S/C26H26ClN3O4S/c1-17-8-9-21(27)16-23(17)28-26(32)24(14-19-6-4-3-5-7-19)29-35(33,34)22-10-11-25-20(15-22)12-13-30(25)18(2)31/h3-11,15-16,24,29H,12-14H2,1-2H3,(H,28,32). The number of halogens is 1. The molecule has 1 heterocycles. The van der Waals surface area contributed by atoms with Crippen LogP contribution in [0.5, 0.6) is 0 Å². The number of amides is 2. The molecule has 3 aromatic carbocycles. The van der Waals surface area contributed by atoms with Gasteiger partial charge in [0.25, 0.3) is 0 Å². The molecule has 1 aliphatic heterocycles. The third kappa shape index (κ3) is 5.73. The number of hydrogen-bond acceptors (Lipinski definition) is 4. The number of hydrogen-bond donors (Lipinski definition) is 2. The highest BCUT2D eigenvalue weighted by molar-refractivity contribution is 7.89. The molecule has 0 spiro atoms. The third-order valence-electron chi connectivity index (χ3n) is 5.99. The molecule has 35 heavy (non-hydrogen) atoms. The predicted molar refractivity (Wildman–Crippen MR) is 137 cm³/mol. The Hall–Kier alpha value is -3.20. The van der Waals surface area contributed by atoms with Crippen molar-refractivity contribution in [2.75, 3.05) is 16.8 Å². The van der Waals surface area contributed by atoms with Crippen molar-refractivity contribution in [3.05, 3.63) is 88.4 Å². The smallest absolute Gasteiger partial charge is 0.242 e. The third-order valence-corrected chi connectivity index (χ3v) is 7.70. The van der Waals surface area contributed by atoms with Crippen LogP contribution < -0.4 is 14.9 Å². The minimum Gasteiger partial charge on any atom is -0.324 e. The first-order valence-corrected chi connectivity index (χ1v) is 13.0. The van der Waals surface area contributed by atoms with E-state index in [0.717, 1.165) is 16.7 Å². The lowest BCUT2D eigenvalue weighted by Crippen LogP contribution is -2.45. The van der Waals surface area contributed by atoms with Gasteiger partial charge in [0, 0.05) is 29.9 Å². The van der Waals surface area contributed by atoms with Crippen molar-refractivity contribution >= 4 is 44.8 Å². The largest absolute Gasteiger partial charge is 0.324 e. The molecule has 0 fully saturated rings. The van der Waals surface area contributed by atoms with Crippen LogP contribution >= 0.6 is 11.6 Å². The van der Waals surface area contributed by atoms with E-state index in [1.54, 1.807) is 35.2 Å². The van der Waals surface area contributed by atoms with Crippen LogP contribution in [0.1, 0.15) is 23.6 Å². The number of anilines is 2. The minimum atomic E-state index is -4.03. The van der Waals surface area contributed by atoms with Gasteiger partial charge in [-0.1, -0.05) is 48.0 Å². The van der Waals surface area contributed by atoms with Crippen molar-refractivity contribution in [3.8, 4) is 0 Å². The molecule has 1 unspecified atom stereocenters. The Balaban J connectivity index is 1.61. The van der Waals surface area contributed by atoms with Crippen LogP contribution in [-0.2, 0) is 32.5 Å². The Morgan fingerprint density at radius 2 is 1.80 bits per heavy atom. The Morgan fingerprint density at radius 1 is 1.06 bits per heavy atom. The van der Waals surface area contributed by atoms with Crippen LogP contribution in [0, 0.1) is 6.92 Å². The molecule has 0 saturated carbocycles. The van der Waals surface area contributed by atoms with Gasteiger partial charge >= 0.3 is 0 Å². The average molecular weight is 512 g/mol. The van der Waals surface area contributed by atoms with Crippen LogP contribution in [0.25, 0.3) is 0 Å². The number of benzene rings is 3. The normalized spacial score (nSPS) is 13.9. The lowest BCUT2D eigenvalue weighted by molar-refractivity contribution is -0.118. The first kappa shape index (κ1) is 24.9. The number of carbonyl (C=O) groups excluding carboxylic acids is 2. The Labute approximate surface area is 210 Å². The molecule has 0 bridgehead atoms. The maximum Gasteiger partial charge on any atom is 0.242 e. The zero-order valence-electron chi connectivity index (χ0n) is 19.4. The lowest BCUT2D eigenvalue weighted by Gasteiger charge is -2.20. The molecule has 1 atom stereocenters. The number of nitrogens with zero attached hydrogens (tertiary/aromatic N) is 1. The van der Waals surface area contributed by atoms with E-state index in [9.17, 15) is 18.0 Å². The number of fused-ring (bicyclic) bond motifs is 1. The zero-order valence-corrected chi connectivity index (χ0v) is 21.0. The van der Waals surface area contributed by atoms with Gasteiger partial charge in [0.2, 0.25) is 21.8 Å². The highest BCUT2D eigenvalue weighted by atomic mass is 35.5. The summed E-state index contributed by atoms with van der Waals surface area (Å²) >= 11 is 6.08. The molecule has 0 aliphatic carbocycles. The summed E-state index contributed by atoms with van der Waals surface area (Å²) in [5.74, 6) is -0.583. The molecule has 2 N–H and O–H groups in total. The molecular formula is C26H26ClN3O4S. The van der Waals surface area contributed by atoms with Crippen molar-refractivity contribution in [2.45, 2.75) is 37.6 Å². The summed E-state index contributed by atoms with van der Waals surface area (Å²) < 4.78 is 29.3. The predicted octanol–water partition coefficient (Wildman–Crippen LogP) is 4.09. The Morgan fingerprint density at radius 3 is 2.51 bits per heavy atom. The van der Waals surface area contributed by atoms with Gasteiger partial charge in [-0.2, -0.15) is 4.72 Å². The fraction of sp³-hybridized carbons (Fsp3) is 0.231. The minimum absolute atomic E-state index is 0.0476. The summed E-state index contributed by atoms with van der Waals surface area (Å²) in [5, 5.41) is 3.27. The van der Waals surface area contributed by atoms with E-state index in [1.165, 1.54) is 13.0 Å². The van der Waals surface area contributed by atoms with Gasteiger partial charge in [0.05, 0.1) is 4.90 Å². The maximum absolute atomic E-state index is 13.3. The van der Waals surface area contributed by atoms with Gasteiger partial charge in [-0.05, 0) is 66.8 Å². The summed E-state index contributed by atoms with van der Waals surface area (Å²) in [5.41, 5.74) is 3.62. The van der Waals surface area contributed by atoms with E-state index >= 15 is 0 Å². The fourth-order valence-electron chi connectivity index (χ4n) is 4.11.